The Labute approximate surface area is 190 Å². The number of ketones is 1. The van der Waals surface area contributed by atoms with Gasteiger partial charge in [-0.2, -0.15) is 5.10 Å². The van der Waals surface area contributed by atoms with E-state index in [4.69, 9.17) is 0 Å². The van der Waals surface area contributed by atoms with E-state index in [9.17, 15) is 18.0 Å². The van der Waals surface area contributed by atoms with Crippen LogP contribution in [-0.2, 0) is 19.4 Å². The van der Waals surface area contributed by atoms with Crippen LogP contribution in [0.3, 0.4) is 0 Å². The average Bonchev–Trinajstić information content (AvgIpc) is 3.07. The Bertz CT molecular complexity index is 1520. The second kappa shape index (κ2) is 7.08. The summed E-state index contributed by atoms with van der Waals surface area (Å²) in [6, 6.07) is 21.4. The van der Waals surface area contributed by atoms with Crippen LogP contribution in [0.25, 0.3) is 16.7 Å². The van der Waals surface area contributed by atoms with Gasteiger partial charge in [-0.15, -0.1) is 0 Å². The number of hydrogen-bond donors (Lipinski definition) is 1. The number of benzene rings is 3. The Balaban J connectivity index is 1.42. The molecule has 1 aliphatic carbocycles. The number of hydrazone groups is 1. The van der Waals surface area contributed by atoms with Crippen LogP contribution in [0.15, 0.2) is 93.8 Å². The largest absolute Gasteiger partial charge is 0.294 e. The molecule has 2 atom stereocenters. The van der Waals surface area contributed by atoms with E-state index in [2.05, 4.69) is 10.5 Å². The molecule has 2 aliphatic heterocycles. The normalized spacial score (nSPS) is 22.4. The highest BCUT2D eigenvalue weighted by Gasteiger charge is 2.43. The van der Waals surface area contributed by atoms with Crippen LogP contribution in [0, 0.1) is 11.8 Å². The number of amides is 1. The van der Waals surface area contributed by atoms with Crippen LogP contribution in [-0.4, -0.2) is 25.8 Å². The zero-order chi connectivity index (χ0) is 22.7. The lowest BCUT2D eigenvalue weighted by atomic mass is 9.72. The Morgan fingerprint density at radius 3 is 2.36 bits per heavy atom. The fourth-order valence-electron chi connectivity index (χ4n) is 4.98. The van der Waals surface area contributed by atoms with Crippen molar-refractivity contribution in [3.8, 4) is 11.1 Å². The minimum Gasteiger partial charge on any atom is -0.294 e. The zero-order valence-electron chi connectivity index (χ0n) is 17.4. The van der Waals surface area contributed by atoms with Crippen molar-refractivity contribution in [2.24, 2.45) is 16.9 Å². The standard InChI is InChI=1S/C26H18N2O4S/c29-21-14-17(13-20-24(21)25(27-28-26(20)30)15-6-2-1-3-7-15)16-10-11-23-19(12-16)18-8-4-5-9-22(18)33(23,31)32/h1-12,14,20,24H,13H2,(H,28,30). The van der Waals surface area contributed by atoms with Gasteiger partial charge in [0.25, 0.3) is 0 Å². The van der Waals surface area contributed by atoms with Crippen LogP contribution in [0.2, 0.25) is 0 Å². The number of hydrogen-bond acceptors (Lipinski definition) is 5. The van der Waals surface area contributed by atoms with Crippen molar-refractivity contribution in [2.75, 3.05) is 0 Å². The summed E-state index contributed by atoms with van der Waals surface area (Å²) in [6.07, 6.45) is 1.94. The number of sulfone groups is 1. The van der Waals surface area contributed by atoms with Gasteiger partial charge in [0.2, 0.25) is 15.7 Å². The molecule has 3 aliphatic rings. The fraction of sp³-hybridized carbons (Fsp3) is 0.115. The van der Waals surface area contributed by atoms with Crippen molar-refractivity contribution >= 4 is 32.8 Å². The highest BCUT2D eigenvalue weighted by Crippen LogP contribution is 2.45. The first kappa shape index (κ1) is 19.8. The summed E-state index contributed by atoms with van der Waals surface area (Å²) in [4.78, 5) is 26.5. The Hall–Kier alpha value is -3.84. The number of carbonyl (C=O) groups is 2. The molecule has 0 spiro atoms. The fourth-order valence-corrected chi connectivity index (χ4v) is 6.65. The second-order valence-corrected chi connectivity index (χ2v) is 10.3. The number of fused-ring (bicyclic) bond motifs is 4. The van der Waals surface area contributed by atoms with E-state index < -0.39 is 21.7 Å². The van der Waals surface area contributed by atoms with Crippen LogP contribution in [0.4, 0.5) is 0 Å². The van der Waals surface area contributed by atoms with Crippen molar-refractivity contribution in [2.45, 2.75) is 16.2 Å². The highest BCUT2D eigenvalue weighted by molar-refractivity contribution is 7.92. The maximum absolute atomic E-state index is 13.2. The van der Waals surface area contributed by atoms with Crippen LogP contribution in [0.5, 0.6) is 0 Å². The molecule has 0 saturated carbocycles. The number of nitrogens with zero attached hydrogens (tertiary/aromatic N) is 1. The van der Waals surface area contributed by atoms with Crippen LogP contribution in [0.1, 0.15) is 17.5 Å². The van der Waals surface area contributed by atoms with Gasteiger partial charge >= 0.3 is 0 Å². The summed E-state index contributed by atoms with van der Waals surface area (Å²) in [5.74, 6) is -1.67. The molecule has 162 valence electrons. The minimum atomic E-state index is -3.56. The average molecular weight is 455 g/mol. The molecule has 1 amide bonds. The molecule has 3 aromatic rings. The predicted molar refractivity (Wildman–Crippen MR) is 123 cm³/mol. The van der Waals surface area contributed by atoms with Gasteiger partial charge in [-0.1, -0.05) is 54.6 Å². The van der Waals surface area contributed by atoms with E-state index in [1.165, 1.54) is 0 Å². The first-order chi connectivity index (χ1) is 15.9. The van der Waals surface area contributed by atoms with Gasteiger partial charge in [-0.25, -0.2) is 13.8 Å². The van der Waals surface area contributed by atoms with E-state index in [1.54, 1.807) is 42.5 Å². The minimum absolute atomic E-state index is 0.174. The van der Waals surface area contributed by atoms with E-state index in [0.717, 1.165) is 16.7 Å². The molecule has 0 radical (unpaired) electrons. The van der Waals surface area contributed by atoms with Crippen molar-refractivity contribution in [1.82, 2.24) is 5.43 Å². The van der Waals surface area contributed by atoms with E-state index in [-0.39, 0.29) is 16.6 Å². The van der Waals surface area contributed by atoms with Gasteiger partial charge in [-0.3, -0.25) is 9.59 Å². The molecule has 2 heterocycles. The molecule has 6 nitrogen and oxygen atoms in total. The molecular weight excluding hydrogens is 436 g/mol. The molecule has 0 aromatic heterocycles. The molecule has 33 heavy (non-hydrogen) atoms. The topological polar surface area (TPSA) is 92.7 Å². The van der Waals surface area contributed by atoms with Crippen LogP contribution < -0.4 is 5.43 Å². The van der Waals surface area contributed by atoms with Gasteiger partial charge < -0.3 is 0 Å². The van der Waals surface area contributed by atoms with Gasteiger partial charge in [0, 0.05) is 11.1 Å². The molecule has 0 fully saturated rings. The van der Waals surface area contributed by atoms with Crippen molar-refractivity contribution in [3.63, 3.8) is 0 Å². The third-order valence-electron chi connectivity index (χ3n) is 6.56. The van der Waals surface area contributed by atoms with E-state index in [1.807, 2.05) is 36.4 Å². The lowest BCUT2D eigenvalue weighted by molar-refractivity contribution is -0.130. The van der Waals surface area contributed by atoms with Crippen molar-refractivity contribution in [3.05, 3.63) is 90.0 Å². The third-order valence-corrected chi connectivity index (χ3v) is 8.43. The lowest BCUT2D eigenvalue weighted by Crippen LogP contribution is -2.47. The number of carbonyl (C=O) groups excluding carboxylic acids is 2. The van der Waals surface area contributed by atoms with E-state index in [0.29, 0.717) is 28.2 Å². The smallest absolute Gasteiger partial charge is 0.244 e. The Morgan fingerprint density at radius 2 is 1.55 bits per heavy atom. The third kappa shape index (κ3) is 2.93. The molecule has 0 saturated heterocycles. The SMILES string of the molecule is O=C1NN=C(c2ccccc2)C2C(=O)C=C(c3ccc4c(c3)-c3ccccc3S4(=O)=O)CC12. The summed E-state index contributed by atoms with van der Waals surface area (Å²) < 4.78 is 25.8. The monoisotopic (exact) mass is 454 g/mol. The molecule has 3 aromatic carbocycles. The maximum Gasteiger partial charge on any atom is 0.244 e. The summed E-state index contributed by atoms with van der Waals surface area (Å²) in [5.41, 5.74) is 6.68. The molecule has 7 heteroatoms. The quantitative estimate of drug-likeness (QED) is 0.501. The van der Waals surface area contributed by atoms with Gasteiger partial charge in [-0.05, 0) is 47.4 Å². The Morgan fingerprint density at radius 1 is 0.818 bits per heavy atom. The summed E-state index contributed by atoms with van der Waals surface area (Å²) in [7, 11) is -3.56. The molecule has 0 bridgehead atoms. The number of nitrogens with one attached hydrogen (secondary N) is 1. The second-order valence-electron chi connectivity index (χ2n) is 8.41. The van der Waals surface area contributed by atoms with E-state index >= 15 is 0 Å². The first-order valence-corrected chi connectivity index (χ1v) is 12.1. The number of rotatable bonds is 2. The van der Waals surface area contributed by atoms with Gasteiger partial charge in [0.05, 0.1) is 27.3 Å². The predicted octanol–water partition coefficient (Wildman–Crippen LogP) is 3.62. The zero-order valence-corrected chi connectivity index (χ0v) is 18.2. The van der Waals surface area contributed by atoms with Crippen molar-refractivity contribution < 1.29 is 18.0 Å². The van der Waals surface area contributed by atoms with Gasteiger partial charge in [0.1, 0.15) is 0 Å². The molecular formula is C26H18N2O4S. The summed E-state index contributed by atoms with van der Waals surface area (Å²) in [6.45, 7) is 0. The molecule has 1 N–H and O–H groups in total. The molecule has 2 unspecified atom stereocenters. The number of allylic oxidation sites excluding steroid dienone is 2. The Kier molecular flexibility index (Phi) is 4.25. The maximum atomic E-state index is 13.2. The van der Waals surface area contributed by atoms with Crippen LogP contribution >= 0.6 is 0 Å². The van der Waals surface area contributed by atoms with Crippen molar-refractivity contribution in [1.29, 1.82) is 0 Å². The lowest BCUT2D eigenvalue weighted by Gasteiger charge is -2.33. The first-order valence-electron chi connectivity index (χ1n) is 10.6. The van der Waals surface area contributed by atoms with Gasteiger partial charge in [0.15, 0.2) is 5.78 Å². The molecule has 6 rings (SSSR count). The summed E-state index contributed by atoms with van der Waals surface area (Å²) >= 11 is 0. The highest BCUT2D eigenvalue weighted by atomic mass is 32.2. The summed E-state index contributed by atoms with van der Waals surface area (Å²) in [5, 5.41) is 4.20.